The number of nitrogen functional groups attached to an aromatic ring is 2. The molecule has 0 bridgehead atoms. The van der Waals surface area contributed by atoms with Crippen LogP contribution in [0.1, 0.15) is 0 Å². The molecule has 163 valence electrons. The first-order valence-corrected chi connectivity index (χ1v) is 11.3. The third kappa shape index (κ3) is 5.33. The maximum Gasteiger partial charge on any atom is 2.00 e. The smallest absolute Gasteiger partial charge is 0.744 e. The number of nitrogens with two attached hydrogens (primary N) is 2. The molecule has 0 fully saturated rings. The van der Waals surface area contributed by atoms with E-state index >= 15 is 0 Å². The van der Waals surface area contributed by atoms with E-state index in [2.05, 4.69) is 0 Å². The van der Waals surface area contributed by atoms with Gasteiger partial charge in [-0.15, -0.1) is 0 Å². The van der Waals surface area contributed by atoms with Gasteiger partial charge in [-0.2, -0.15) is 0 Å². The van der Waals surface area contributed by atoms with Gasteiger partial charge < -0.3 is 20.6 Å². The van der Waals surface area contributed by atoms with Crippen LogP contribution >= 0.6 is 0 Å². The van der Waals surface area contributed by atoms with Gasteiger partial charge in [0.2, 0.25) is 0 Å². The maximum absolute atomic E-state index is 11.0. The van der Waals surface area contributed by atoms with E-state index in [4.69, 9.17) is 11.5 Å². The molecule has 0 spiro atoms. The molecule has 8 nitrogen and oxygen atoms in total. The Morgan fingerprint density at radius 3 is 1.10 bits per heavy atom. The zero-order valence-electron chi connectivity index (χ0n) is 15.7. The topological polar surface area (TPSA) is 166 Å². The number of hydrogen-bond acceptors (Lipinski definition) is 8. The summed E-state index contributed by atoms with van der Waals surface area (Å²) >= 11 is 0. The molecule has 0 heterocycles. The molecule has 0 atom stereocenters. The summed E-state index contributed by atoms with van der Waals surface area (Å²) in [5.74, 6) is 0. The molecule has 0 aliphatic heterocycles. The Bertz CT molecular complexity index is 1360. The van der Waals surface area contributed by atoms with E-state index in [0.717, 1.165) is 0 Å². The van der Waals surface area contributed by atoms with E-state index in [1.54, 1.807) is 48.5 Å². The van der Waals surface area contributed by atoms with E-state index < -0.39 is 20.2 Å². The number of rotatable bonds is 2. The zero-order chi connectivity index (χ0) is 22.1. The second-order valence-corrected chi connectivity index (χ2v) is 9.00. The molecule has 0 saturated heterocycles. The average Bonchev–Trinajstić information content (AvgIpc) is 2.67. The number of hydrogen-bond donors (Lipinski definition) is 2. The van der Waals surface area contributed by atoms with Crippen molar-refractivity contribution in [1.82, 2.24) is 0 Å². The van der Waals surface area contributed by atoms with Crippen molar-refractivity contribution in [3.05, 3.63) is 72.8 Å². The van der Waals surface area contributed by atoms with Crippen LogP contribution in [0.15, 0.2) is 82.6 Å². The van der Waals surface area contributed by atoms with Gasteiger partial charge in [-0.25, -0.2) is 16.8 Å². The first-order chi connectivity index (χ1) is 14.0. The normalized spacial score (nSPS) is 11.4. The number of benzene rings is 4. The van der Waals surface area contributed by atoms with Crippen molar-refractivity contribution in [2.45, 2.75) is 9.79 Å². The van der Waals surface area contributed by atoms with Crippen molar-refractivity contribution in [3.8, 4) is 0 Å². The quantitative estimate of drug-likeness (QED) is 0.311. The molecule has 0 aromatic heterocycles. The first kappa shape index (κ1) is 24.6. The van der Waals surface area contributed by atoms with Gasteiger partial charge in [0, 0.05) is 32.9 Å². The van der Waals surface area contributed by atoms with E-state index in [1.165, 1.54) is 24.3 Å². The van der Waals surface area contributed by atoms with Crippen LogP contribution in [-0.2, 0) is 37.0 Å². The Morgan fingerprint density at radius 1 is 0.516 bits per heavy atom. The summed E-state index contributed by atoms with van der Waals surface area (Å²) < 4.78 is 65.8. The van der Waals surface area contributed by atoms with Crippen molar-refractivity contribution < 1.29 is 42.7 Å². The Morgan fingerprint density at radius 2 is 0.806 bits per heavy atom. The summed E-state index contributed by atoms with van der Waals surface area (Å²) in [6.45, 7) is 0. The first-order valence-electron chi connectivity index (χ1n) is 8.46. The second kappa shape index (κ2) is 9.22. The van der Waals surface area contributed by atoms with Crippen molar-refractivity contribution >= 4 is 53.2 Å². The summed E-state index contributed by atoms with van der Waals surface area (Å²) in [5.41, 5.74) is 12.3. The van der Waals surface area contributed by atoms with Crippen LogP contribution in [0, 0.1) is 0 Å². The molecule has 0 aliphatic rings. The van der Waals surface area contributed by atoms with Crippen LogP contribution in [0.5, 0.6) is 0 Å². The van der Waals surface area contributed by atoms with E-state index in [0.29, 0.717) is 32.9 Å². The summed E-state index contributed by atoms with van der Waals surface area (Å²) in [6.07, 6.45) is 0. The molecule has 4 aromatic rings. The van der Waals surface area contributed by atoms with Crippen molar-refractivity contribution in [1.29, 1.82) is 0 Å². The van der Waals surface area contributed by atoms with Gasteiger partial charge >= 0.3 is 16.8 Å². The molecule has 4 N–H and O–H groups in total. The predicted molar refractivity (Wildman–Crippen MR) is 113 cm³/mol. The van der Waals surface area contributed by atoms with Gasteiger partial charge in [0.25, 0.3) is 0 Å². The molecule has 4 rings (SSSR count). The van der Waals surface area contributed by atoms with Gasteiger partial charge in [-0.3, -0.25) is 0 Å². The minimum Gasteiger partial charge on any atom is -0.744 e. The molecule has 0 amide bonds. The Labute approximate surface area is 189 Å². The largest absolute Gasteiger partial charge is 2.00 e. The van der Waals surface area contributed by atoms with Crippen LogP contribution in [-0.4, -0.2) is 25.9 Å². The van der Waals surface area contributed by atoms with Gasteiger partial charge in [-0.05, 0) is 24.3 Å². The molecule has 4 aromatic carbocycles. The zero-order valence-corrected chi connectivity index (χ0v) is 18.4. The molecule has 0 aliphatic carbocycles. The number of fused-ring (bicyclic) bond motifs is 2. The Kier molecular flexibility index (Phi) is 7.31. The van der Waals surface area contributed by atoms with Crippen molar-refractivity contribution in [2.75, 3.05) is 11.5 Å². The predicted octanol–water partition coefficient (Wildman–Crippen LogP) is 2.65. The minimum atomic E-state index is -4.45. The van der Waals surface area contributed by atoms with Crippen LogP contribution in [0.25, 0.3) is 21.5 Å². The van der Waals surface area contributed by atoms with Crippen LogP contribution in [0.4, 0.5) is 11.4 Å². The third-order valence-electron chi connectivity index (χ3n) is 4.37. The molecule has 1 radical (unpaired) electrons. The summed E-state index contributed by atoms with van der Waals surface area (Å²) in [6, 6.07) is 18.6. The molecule has 11 heteroatoms. The van der Waals surface area contributed by atoms with Crippen LogP contribution < -0.4 is 11.5 Å². The third-order valence-corrected chi connectivity index (χ3v) is 6.16. The summed E-state index contributed by atoms with van der Waals surface area (Å²) in [7, 11) is -8.90. The van der Waals surface area contributed by atoms with Gasteiger partial charge in [0.15, 0.2) is 0 Å². The molecular formula is C20H16CoN2O6S2. The second-order valence-electron chi connectivity index (χ2n) is 6.31. The molecule has 0 unspecified atom stereocenters. The minimum absolute atomic E-state index is 0. The standard InChI is InChI=1S/2C10H9NO3S.Co/c2*11-9-5-6-10(15(12,13)14)8-4-2-1-3-7(8)9;/h2*1-6H,11H2,(H,12,13,14);/q;;+2/p-2. The van der Waals surface area contributed by atoms with Crippen LogP contribution in [0.2, 0.25) is 0 Å². The van der Waals surface area contributed by atoms with Crippen LogP contribution in [0.3, 0.4) is 0 Å². The SMILES string of the molecule is Nc1ccc(S(=O)(=O)[O-])c2ccccc12.Nc1ccc(S(=O)(=O)[O-])c2ccccc12.[Co+2]. The molecule has 31 heavy (non-hydrogen) atoms. The Balaban J connectivity index is 0.000000213. The summed E-state index contributed by atoms with van der Waals surface area (Å²) in [4.78, 5) is -0.459. The number of anilines is 2. The van der Waals surface area contributed by atoms with E-state index in [9.17, 15) is 25.9 Å². The maximum atomic E-state index is 11.0. The average molecular weight is 503 g/mol. The fourth-order valence-corrected chi connectivity index (χ4v) is 4.39. The molecule has 0 saturated carbocycles. The van der Waals surface area contributed by atoms with Crippen molar-refractivity contribution in [2.24, 2.45) is 0 Å². The fourth-order valence-electron chi connectivity index (χ4n) is 3.03. The van der Waals surface area contributed by atoms with E-state index in [-0.39, 0.29) is 26.6 Å². The van der Waals surface area contributed by atoms with Crippen molar-refractivity contribution in [3.63, 3.8) is 0 Å². The Hall–Kier alpha value is -2.67. The fraction of sp³-hybridized carbons (Fsp3) is 0. The van der Waals surface area contributed by atoms with Gasteiger partial charge in [0.1, 0.15) is 20.2 Å². The van der Waals surface area contributed by atoms with Gasteiger partial charge in [-0.1, -0.05) is 48.5 Å². The monoisotopic (exact) mass is 503 g/mol. The molecular weight excluding hydrogens is 487 g/mol. The van der Waals surface area contributed by atoms with E-state index in [1.807, 2.05) is 0 Å². The summed E-state index contributed by atoms with van der Waals surface area (Å²) in [5, 5.41) is 1.89. The van der Waals surface area contributed by atoms with Gasteiger partial charge in [0.05, 0.1) is 9.79 Å².